The van der Waals surface area contributed by atoms with Crippen LogP contribution in [0, 0.1) is 17.8 Å². The molecule has 1 rings (SSSR count). The van der Waals surface area contributed by atoms with Crippen LogP contribution in [0.15, 0.2) is 0 Å². The molecule has 0 heterocycles. The molecule has 0 aromatic carbocycles. The highest BCUT2D eigenvalue weighted by molar-refractivity contribution is 4.95. The van der Waals surface area contributed by atoms with Crippen molar-refractivity contribution in [3.8, 4) is 11.8 Å². The van der Waals surface area contributed by atoms with Crippen LogP contribution in [0.4, 0.5) is 0 Å². The zero-order chi connectivity index (χ0) is 8.81. The maximum absolute atomic E-state index is 9.62. The number of rotatable bonds is 2. The Hall–Kier alpha value is -0.480. The number of aliphatic hydroxyl groups excluding tert-OH is 1. The van der Waals surface area contributed by atoms with Crippen molar-refractivity contribution in [2.24, 2.45) is 5.92 Å². The summed E-state index contributed by atoms with van der Waals surface area (Å²) in [5, 5.41) is 9.62. The van der Waals surface area contributed by atoms with Gasteiger partial charge in [-0.2, -0.15) is 0 Å². The Morgan fingerprint density at radius 1 is 1.33 bits per heavy atom. The lowest BCUT2D eigenvalue weighted by molar-refractivity contribution is 0.0662. The van der Waals surface area contributed by atoms with Crippen LogP contribution in [0.2, 0.25) is 0 Å². The van der Waals surface area contributed by atoms with Crippen LogP contribution < -0.4 is 0 Å². The summed E-state index contributed by atoms with van der Waals surface area (Å²) in [5.41, 5.74) is 0. The van der Waals surface area contributed by atoms with Crippen molar-refractivity contribution in [3.05, 3.63) is 0 Å². The molecule has 0 aromatic heterocycles. The van der Waals surface area contributed by atoms with Crippen molar-refractivity contribution in [1.29, 1.82) is 0 Å². The highest BCUT2D eigenvalue weighted by Crippen LogP contribution is 2.27. The second-order valence-corrected chi connectivity index (χ2v) is 3.58. The van der Waals surface area contributed by atoms with E-state index < -0.39 is 0 Å². The van der Waals surface area contributed by atoms with E-state index in [0.29, 0.717) is 5.92 Å². The fourth-order valence-electron chi connectivity index (χ4n) is 1.91. The Labute approximate surface area is 75.2 Å². The van der Waals surface area contributed by atoms with Gasteiger partial charge in [0.25, 0.3) is 0 Å². The van der Waals surface area contributed by atoms with Crippen LogP contribution in [-0.2, 0) is 0 Å². The summed E-state index contributed by atoms with van der Waals surface area (Å²) in [5.74, 6) is 6.47. The molecule has 1 N–H and O–H groups in total. The molecule has 1 aliphatic carbocycles. The lowest BCUT2D eigenvalue weighted by Crippen LogP contribution is -2.24. The molecular formula is C11H18O. The molecule has 1 heteroatoms. The Morgan fingerprint density at radius 2 is 2.08 bits per heavy atom. The quantitative estimate of drug-likeness (QED) is 0.624. The number of hydrogen-bond donors (Lipinski definition) is 1. The van der Waals surface area contributed by atoms with Gasteiger partial charge in [0, 0.05) is 6.42 Å². The van der Waals surface area contributed by atoms with E-state index >= 15 is 0 Å². The van der Waals surface area contributed by atoms with Crippen LogP contribution >= 0.6 is 0 Å². The fraction of sp³-hybridized carbons (Fsp3) is 0.818. The van der Waals surface area contributed by atoms with Crippen molar-refractivity contribution in [3.63, 3.8) is 0 Å². The second kappa shape index (κ2) is 5.22. The normalized spacial score (nSPS) is 29.2. The van der Waals surface area contributed by atoms with E-state index in [4.69, 9.17) is 0 Å². The van der Waals surface area contributed by atoms with Gasteiger partial charge < -0.3 is 5.11 Å². The van der Waals surface area contributed by atoms with Gasteiger partial charge in [0.1, 0.15) is 0 Å². The van der Waals surface area contributed by atoms with Gasteiger partial charge in [-0.15, -0.1) is 11.8 Å². The predicted octanol–water partition coefficient (Wildman–Crippen LogP) is 2.34. The third-order valence-electron chi connectivity index (χ3n) is 2.69. The topological polar surface area (TPSA) is 20.2 Å². The van der Waals surface area contributed by atoms with E-state index in [-0.39, 0.29) is 6.10 Å². The van der Waals surface area contributed by atoms with Crippen LogP contribution in [-0.4, -0.2) is 11.2 Å². The van der Waals surface area contributed by atoms with Gasteiger partial charge in [-0.1, -0.05) is 12.8 Å². The van der Waals surface area contributed by atoms with Crippen molar-refractivity contribution < 1.29 is 5.11 Å². The first-order valence-corrected chi connectivity index (χ1v) is 4.92. The van der Waals surface area contributed by atoms with Crippen LogP contribution in [0.1, 0.15) is 45.4 Å². The lowest BCUT2D eigenvalue weighted by Gasteiger charge is -2.26. The average molecular weight is 166 g/mol. The standard InChI is InChI=1S/C11H18O/c1-2-3-4-7-10-8-5-6-9-11(10)12/h10-12H,4-9H2,1H3/t10-,11-/m1/s1. The number of hydrogen-bond acceptors (Lipinski definition) is 1. The first-order valence-electron chi connectivity index (χ1n) is 4.92. The molecule has 0 saturated heterocycles. The first kappa shape index (κ1) is 9.61. The molecular weight excluding hydrogens is 148 g/mol. The van der Waals surface area contributed by atoms with Gasteiger partial charge in [0.2, 0.25) is 0 Å². The Morgan fingerprint density at radius 3 is 2.75 bits per heavy atom. The molecule has 68 valence electrons. The molecule has 1 saturated carbocycles. The van der Waals surface area contributed by atoms with Crippen molar-refractivity contribution >= 4 is 0 Å². The summed E-state index contributed by atoms with van der Waals surface area (Å²) in [4.78, 5) is 0. The lowest BCUT2D eigenvalue weighted by atomic mass is 9.84. The molecule has 0 radical (unpaired) electrons. The highest BCUT2D eigenvalue weighted by atomic mass is 16.3. The summed E-state index contributed by atoms with van der Waals surface area (Å²) in [6, 6.07) is 0. The summed E-state index contributed by atoms with van der Waals surface area (Å²) in [6.07, 6.45) is 6.70. The van der Waals surface area contributed by atoms with Gasteiger partial charge in [0.15, 0.2) is 0 Å². The average Bonchev–Trinajstić information content (AvgIpc) is 2.09. The van der Waals surface area contributed by atoms with Crippen LogP contribution in [0.25, 0.3) is 0 Å². The Bertz CT molecular complexity index is 175. The minimum absolute atomic E-state index is 0.0441. The zero-order valence-electron chi connectivity index (χ0n) is 7.84. The van der Waals surface area contributed by atoms with E-state index in [1.54, 1.807) is 0 Å². The summed E-state index contributed by atoms with van der Waals surface area (Å²) in [6.45, 7) is 1.87. The Kier molecular flexibility index (Phi) is 4.18. The van der Waals surface area contributed by atoms with E-state index in [1.165, 1.54) is 19.3 Å². The van der Waals surface area contributed by atoms with E-state index in [9.17, 15) is 5.11 Å². The molecule has 1 fully saturated rings. The molecule has 12 heavy (non-hydrogen) atoms. The molecule has 0 aromatic rings. The fourth-order valence-corrected chi connectivity index (χ4v) is 1.91. The molecule has 0 unspecified atom stereocenters. The van der Waals surface area contributed by atoms with E-state index in [2.05, 4.69) is 11.8 Å². The van der Waals surface area contributed by atoms with Crippen molar-refractivity contribution in [2.75, 3.05) is 0 Å². The minimum atomic E-state index is -0.0441. The van der Waals surface area contributed by atoms with Gasteiger partial charge in [0.05, 0.1) is 6.10 Å². The van der Waals surface area contributed by atoms with Crippen LogP contribution in [0.5, 0.6) is 0 Å². The van der Waals surface area contributed by atoms with Gasteiger partial charge in [-0.25, -0.2) is 0 Å². The molecule has 0 bridgehead atoms. The maximum Gasteiger partial charge on any atom is 0.0568 e. The largest absolute Gasteiger partial charge is 0.393 e. The second-order valence-electron chi connectivity index (χ2n) is 3.58. The highest BCUT2D eigenvalue weighted by Gasteiger charge is 2.21. The van der Waals surface area contributed by atoms with Crippen LogP contribution in [0.3, 0.4) is 0 Å². The maximum atomic E-state index is 9.62. The van der Waals surface area contributed by atoms with Crippen molar-refractivity contribution in [2.45, 2.75) is 51.6 Å². The van der Waals surface area contributed by atoms with E-state index in [1.807, 2.05) is 6.92 Å². The predicted molar refractivity (Wildman–Crippen MR) is 50.6 cm³/mol. The molecule has 1 aliphatic rings. The monoisotopic (exact) mass is 166 g/mol. The molecule has 0 aliphatic heterocycles. The first-order chi connectivity index (χ1) is 5.84. The van der Waals surface area contributed by atoms with Gasteiger partial charge in [-0.3, -0.25) is 0 Å². The molecule has 0 spiro atoms. The molecule has 2 atom stereocenters. The summed E-state index contributed by atoms with van der Waals surface area (Å²) < 4.78 is 0. The Balaban J connectivity index is 2.23. The van der Waals surface area contributed by atoms with Gasteiger partial charge in [-0.05, 0) is 32.1 Å². The summed E-state index contributed by atoms with van der Waals surface area (Å²) >= 11 is 0. The third kappa shape index (κ3) is 2.87. The smallest absolute Gasteiger partial charge is 0.0568 e. The molecule has 0 amide bonds. The van der Waals surface area contributed by atoms with Crippen molar-refractivity contribution in [1.82, 2.24) is 0 Å². The van der Waals surface area contributed by atoms with E-state index in [0.717, 1.165) is 19.3 Å². The third-order valence-corrected chi connectivity index (χ3v) is 2.69. The zero-order valence-corrected chi connectivity index (χ0v) is 7.84. The number of aliphatic hydroxyl groups is 1. The minimum Gasteiger partial charge on any atom is -0.393 e. The molecule has 1 nitrogen and oxygen atoms in total. The SMILES string of the molecule is CC#CCC[C@@H]1CCCC[C@H]1O. The van der Waals surface area contributed by atoms with Gasteiger partial charge >= 0.3 is 0 Å². The summed E-state index contributed by atoms with van der Waals surface area (Å²) in [7, 11) is 0.